The number of carbonyl (C=O) groups excluding carboxylic acids is 2. The van der Waals surface area contributed by atoms with Crippen molar-refractivity contribution in [3.63, 3.8) is 0 Å². The number of benzene rings is 2. The van der Waals surface area contributed by atoms with E-state index in [-0.39, 0.29) is 24.3 Å². The number of fused-ring (bicyclic) bond motifs is 2. The predicted molar refractivity (Wildman–Crippen MR) is 114 cm³/mol. The molecule has 0 spiro atoms. The fourth-order valence-corrected chi connectivity index (χ4v) is 3.59. The van der Waals surface area contributed by atoms with E-state index in [9.17, 15) is 9.59 Å². The van der Waals surface area contributed by atoms with Crippen LogP contribution in [0.25, 0.3) is 17.0 Å². The third-order valence-corrected chi connectivity index (χ3v) is 4.96. The second-order valence-electron chi connectivity index (χ2n) is 7.54. The maximum atomic E-state index is 12.9. The molecule has 30 heavy (non-hydrogen) atoms. The Morgan fingerprint density at radius 3 is 2.73 bits per heavy atom. The summed E-state index contributed by atoms with van der Waals surface area (Å²) in [5.74, 6) is 0.584. The van der Waals surface area contributed by atoms with Gasteiger partial charge in [0.1, 0.15) is 11.5 Å². The Morgan fingerprint density at radius 2 is 1.97 bits per heavy atom. The van der Waals surface area contributed by atoms with Gasteiger partial charge in [0.15, 0.2) is 12.4 Å². The summed E-state index contributed by atoms with van der Waals surface area (Å²) < 4.78 is 18.6. The molecule has 4 rings (SSSR count). The van der Waals surface area contributed by atoms with Gasteiger partial charge in [0.05, 0.1) is 11.7 Å². The minimum atomic E-state index is -0.446. The quantitative estimate of drug-likeness (QED) is 0.464. The van der Waals surface area contributed by atoms with E-state index in [0.29, 0.717) is 22.6 Å². The van der Waals surface area contributed by atoms with Crippen molar-refractivity contribution in [1.29, 1.82) is 0 Å². The number of para-hydroxylation sites is 1. The molecular formula is C24H23NO5. The summed E-state index contributed by atoms with van der Waals surface area (Å²) in [6.45, 7) is 5.16. The predicted octanol–water partition coefficient (Wildman–Crippen LogP) is 4.43. The van der Waals surface area contributed by atoms with Crippen LogP contribution in [0.2, 0.25) is 0 Å². The van der Waals surface area contributed by atoms with Crippen molar-refractivity contribution in [2.45, 2.75) is 26.9 Å². The summed E-state index contributed by atoms with van der Waals surface area (Å²) in [4.78, 5) is 24.6. The fourth-order valence-electron chi connectivity index (χ4n) is 3.59. The smallest absolute Gasteiger partial charge is 0.344 e. The lowest BCUT2D eigenvalue weighted by Crippen LogP contribution is -2.19. The minimum absolute atomic E-state index is 0.174. The van der Waals surface area contributed by atoms with E-state index in [1.807, 2.05) is 42.1 Å². The minimum Gasteiger partial charge on any atom is -0.481 e. The van der Waals surface area contributed by atoms with Gasteiger partial charge in [0.2, 0.25) is 5.78 Å². The van der Waals surface area contributed by atoms with Crippen LogP contribution in [0.5, 0.6) is 11.5 Å². The second kappa shape index (κ2) is 7.71. The van der Waals surface area contributed by atoms with Gasteiger partial charge < -0.3 is 18.8 Å². The van der Waals surface area contributed by atoms with E-state index in [4.69, 9.17) is 14.2 Å². The lowest BCUT2D eigenvalue weighted by atomic mass is 10.1. The van der Waals surface area contributed by atoms with Gasteiger partial charge in [-0.3, -0.25) is 4.79 Å². The molecule has 0 amide bonds. The van der Waals surface area contributed by atoms with Crippen molar-refractivity contribution in [2.24, 2.45) is 7.05 Å². The van der Waals surface area contributed by atoms with Crippen LogP contribution in [0.15, 0.2) is 48.4 Å². The van der Waals surface area contributed by atoms with Crippen LogP contribution in [0, 0.1) is 6.92 Å². The molecule has 0 saturated heterocycles. The molecule has 0 atom stereocenters. The maximum Gasteiger partial charge on any atom is 0.344 e. The first-order valence-corrected chi connectivity index (χ1v) is 9.79. The van der Waals surface area contributed by atoms with E-state index >= 15 is 0 Å². The number of hydrogen-bond donors (Lipinski definition) is 0. The highest BCUT2D eigenvalue weighted by atomic mass is 16.6. The molecular weight excluding hydrogens is 382 g/mol. The maximum absolute atomic E-state index is 12.9. The number of ketones is 1. The van der Waals surface area contributed by atoms with Gasteiger partial charge in [-0.15, -0.1) is 0 Å². The molecule has 2 heterocycles. The standard InChI is InChI=1S/C24H23NO5/c1-14(2)29-22(26)13-28-20-10-9-18-23(27)21(30-24(18)15(20)3)11-16-12-25(4)19-8-6-5-7-17(16)19/h5-12,14H,13H2,1-4H3. The lowest BCUT2D eigenvalue weighted by Gasteiger charge is -2.12. The summed E-state index contributed by atoms with van der Waals surface area (Å²) >= 11 is 0. The van der Waals surface area contributed by atoms with Crippen LogP contribution in [0.4, 0.5) is 0 Å². The van der Waals surface area contributed by atoms with Gasteiger partial charge in [-0.05, 0) is 45.0 Å². The number of aryl methyl sites for hydroxylation is 1. The number of nitrogens with zero attached hydrogens (tertiary/aromatic N) is 1. The number of ether oxygens (including phenoxy) is 3. The van der Waals surface area contributed by atoms with E-state index in [2.05, 4.69) is 0 Å². The van der Waals surface area contributed by atoms with Crippen molar-refractivity contribution in [2.75, 3.05) is 6.61 Å². The van der Waals surface area contributed by atoms with Crippen molar-refractivity contribution >= 4 is 28.7 Å². The Kier molecular flexibility index (Phi) is 5.08. The number of Topliss-reactive ketones (excluding diaryl/α,β-unsaturated/α-hetero) is 1. The summed E-state index contributed by atoms with van der Waals surface area (Å²) in [6.07, 6.45) is 3.54. The first-order chi connectivity index (χ1) is 14.3. The number of aromatic nitrogens is 1. The molecule has 1 aliphatic rings. The fraction of sp³-hybridized carbons (Fsp3) is 0.250. The number of rotatable bonds is 5. The first kappa shape index (κ1) is 19.8. The molecule has 0 bridgehead atoms. The molecule has 6 heteroatoms. The summed E-state index contributed by atoms with van der Waals surface area (Å²) in [6, 6.07) is 11.3. The van der Waals surface area contributed by atoms with Crippen LogP contribution in [-0.4, -0.2) is 29.0 Å². The second-order valence-corrected chi connectivity index (χ2v) is 7.54. The largest absolute Gasteiger partial charge is 0.481 e. The van der Waals surface area contributed by atoms with Crippen LogP contribution in [0.3, 0.4) is 0 Å². The van der Waals surface area contributed by atoms with Gasteiger partial charge in [-0.2, -0.15) is 0 Å². The van der Waals surface area contributed by atoms with E-state index < -0.39 is 5.97 Å². The number of hydrogen-bond acceptors (Lipinski definition) is 5. The first-order valence-electron chi connectivity index (χ1n) is 9.79. The molecule has 0 aliphatic carbocycles. The Hall–Kier alpha value is -3.54. The zero-order valence-electron chi connectivity index (χ0n) is 17.4. The molecule has 6 nitrogen and oxygen atoms in total. The monoisotopic (exact) mass is 405 g/mol. The molecule has 154 valence electrons. The van der Waals surface area contributed by atoms with Crippen molar-refractivity contribution < 1.29 is 23.8 Å². The summed E-state index contributed by atoms with van der Waals surface area (Å²) in [5.41, 5.74) is 3.14. The third kappa shape index (κ3) is 3.56. The van der Waals surface area contributed by atoms with Gasteiger partial charge in [0.25, 0.3) is 0 Å². The average Bonchev–Trinajstić information content (AvgIpc) is 3.19. The Bertz CT molecular complexity index is 1190. The molecule has 0 saturated carbocycles. The molecule has 0 fully saturated rings. The molecule has 0 unspecified atom stereocenters. The molecule has 0 radical (unpaired) electrons. The number of esters is 1. The number of carbonyl (C=O) groups is 2. The molecule has 2 aromatic carbocycles. The zero-order valence-corrected chi connectivity index (χ0v) is 17.4. The van der Waals surface area contributed by atoms with Crippen LogP contribution < -0.4 is 9.47 Å². The topological polar surface area (TPSA) is 66.8 Å². The average molecular weight is 405 g/mol. The highest BCUT2D eigenvalue weighted by Crippen LogP contribution is 2.39. The molecule has 1 aromatic heterocycles. The van der Waals surface area contributed by atoms with Gasteiger partial charge in [-0.1, -0.05) is 18.2 Å². The van der Waals surface area contributed by atoms with Gasteiger partial charge in [-0.25, -0.2) is 4.79 Å². The van der Waals surface area contributed by atoms with Gasteiger partial charge in [0, 0.05) is 35.3 Å². The normalized spacial score (nSPS) is 14.3. The third-order valence-electron chi connectivity index (χ3n) is 4.96. The van der Waals surface area contributed by atoms with Crippen LogP contribution in [-0.2, 0) is 16.6 Å². The van der Waals surface area contributed by atoms with E-state index in [0.717, 1.165) is 16.5 Å². The highest BCUT2D eigenvalue weighted by molar-refractivity contribution is 6.15. The summed E-state index contributed by atoms with van der Waals surface area (Å²) in [7, 11) is 1.97. The number of allylic oxidation sites excluding steroid dienone is 1. The van der Waals surface area contributed by atoms with E-state index in [1.165, 1.54) is 0 Å². The highest BCUT2D eigenvalue weighted by Gasteiger charge is 2.30. The van der Waals surface area contributed by atoms with Crippen molar-refractivity contribution in [3.8, 4) is 11.5 Å². The molecule has 3 aromatic rings. The SMILES string of the molecule is Cc1c(OCC(=O)OC(C)C)ccc2c1OC(=Cc1cn(C)c3ccccc13)C2=O. The Labute approximate surface area is 174 Å². The zero-order chi connectivity index (χ0) is 21.4. The lowest BCUT2D eigenvalue weighted by molar-refractivity contribution is -0.149. The molecule has 0 N–H and O–H groups in total. The van der Waals surface area contributed by atoms with Gasteiger partial charge >= 0.3 is 5.97 Å². The van der Waals surface area contributed by atoms with Crippen molar-refractivity contribution in [1.82, 2.24) is 4.57 Å². The van der Waals surface area contributed by atoms with Crippen LogP contribution >= 0.6 is 0 Å². The Balaban J connectivity index is 1.60. The Morgan fingerprint density at radius 1 is 1.20 bits per heavy atom. The van der Waals surface area contributed by atoms with Crippen molar-refractivity contribution in [3.05, 3.63) is 65.0 Å². The van der Waals surface area contributed by atoms with E-state index in [1.54, 1.807) is 39.0 Å². The summed E-state index contributed by atoms with van der Waals surface area (Å²) in [5, 5.41) is 1.05. The van der Waals surface area contributed by atoms with Crippen LogP contribution in [0.1, 0.15) is 35.3 Å². The molecule has 1 aliphatic heterocycles.